The molecule has 0 radical (unpaired) electrons. The summed E-state index contributed by atoms with van der Waals surface area (Å²) in [5, 5.41) is 16.8. The van der Waals surface area contributed by atoms with Crippen LogP contribution in [-0.4, -0.2) is 53.4 Å². The zero-order valence-electron chi connectivity index (χ0n) is 15.4. The number of nitro groups is 1. The van der Waals surface area contributed by atoms with Crippen molar-refractivity contribution in [3.05, 3.63) is 38.9 Å². The van der Waals surface area contributed by atoms with Gasteiger partial charge in [-0.1, -0.05) is 25.4 Å². The average molecular weight is 419 g/mol. The molecule has 0 aromatic heterocycles. The Morgan fingerprint density at radius 3 is 2.59 bits per heavy atom. The molecular weight excluding hydrogens is 395 g/mol. The number of hydrogen-bond donors (Lipinski definition) is 2. The van der Waals surface area contributed by atoms with E-state index in [-0.39, 0.29) is 46.5 Å². The summed E-state index contributed by atoms with van der Waals surface area (Å²) in [5.74, 6) is -0.784. The molecule has 0 spiro atoms. The molecule has 0 bridgehead atoms. The molecule has 150 valence electrons. The first-order valence-electron chi connectivity index (χ1n) is 8.47. The predicted octanol–water partition coefficient (Wildman–Crippen LogP) is 2.24. The third-order valence-electron chi connectivity index (χ3n) is 4.31. The fourth-order valence-electron chi connectivity index (χ4n) is 2.86. The van der Waals surface area contributed by atoms with Crippen LogP contribution in [0.5, 0.6) is 0 Å². The summed E-state index contributed by atoms with van der Waals surface area (Å²) in [6.45, 7) is 7.58. The number of nitrogens with zero attached hydrogens (tertiary/aromatic N) is 2. The Balaban J connectivity index is 0.00000364. The first kappa shape index (κ1) is 23.1. The molecule has 8 nitrogen and oxygen atoms in total. The summed E-state index contributed by atoms with van der Waals surface area (Å²) in [7, 11) is 0. The Morgan fingerprint density at radius 2 is 2.07 bits per heavy atom. The van der Waals surface area contributed by atoms with E-state index in [0.717, 1.165) is 6.07 Å². The van der Waals surface area contributed by atoms with Gasteiger partial charge in [-0.25, -0.2) is 0 Å². The monoisotopic (exact) mass is 418 g/mol. The largest absolute Gasteiger partial charge is 0.340 e. The van der Waals surface area contributed by atoms with E-state index in [1.807, 2.05) is 20.8 Å². The Kier molecular flexibility index (Phi) is 8.46. The molecule has 2 rings (SSSR count). The Bertz CT molecular complexity index is 714. The third kappa shape index (κ3) is 5.79. The fourth-order valence-corrected chi connectivity index (χ4v) is 3.12. The summed E-state index contributed by atoms with van der Waals surface area (Å²) >= 11 is 6.01. The highest BCUT2D eigenvalue weighted by atomic mass is 35.5. The maximum Gasteiger partial charge on any atom is 0.270 e. The summed E-state index contributed by atoms with van der Waals surface area (Å²) in [5.41, 5.74) is -0.0952. The number of nitrogens with one attached hydrogen (secondary N) is 2. The molecule has 1 aromatic rings. The number of benzene rings is 1. The maximum absolute atomic E-state index is 12.8. The highest BCUT2D eigenvalue weighted by molar-refractivity contribution is 6.34. The van der Waals surface area contributed by atoms with Crippen molar-refractivity contribution in [1.29, 1.82) is 0 Å². The van der Waals surface area contributed by atoms with Crippen LogP contribution in [0, 0.1) is 16.0 Å². The topological polar surface area (TPSA) is 105 Å². The van der Waals surface area contributed by atoms with Crippen LogP contribution in [-0.2, 0) is 4.79 Å². The van der Waals surface area contributed by atoms with Gasteiger partial charge in [-0.2, -0.15) is 0 Å². The van der Waals surface area contributed by atoms with Crippen molar-refractivity contribution in [3.63, 3.8) is 0 Å². The molecule has 2 atom stereocenters. The molecule has 1 saturated heterocycles. The number of hydrogen-bond acceptors (Lipinski definition) is 5. The number of piperazine rings is 1. The number of rotatable bonds is 5. The normalized spacial score (nSPS) is 17.8. The molecule has 10 heteroatoms. The lowest BCUT2D eigenvalue weighted by Gasteiger charge is -2.35. The smallest absolute Gasteiger partial charge is 0.270 e. The number of halogens is 2. The molecule has 0 aliphatic carbocycles. The van der Waals surface area contributed by atoms with E-state index in [0.29, 0.717) is 19.6 Å². The van der Waals surface area contributed by atoms with E-state index < -0.39 is 16.9 Å². The summed E-state index contributed by atoms with van der Waals surface area (Å²) < 4.78 is 0. The minimum Gasteiger partial charge on any atom is -0.340 e. The third-order valence-corrected chi connectivity index (χ3v) is 4.62. The lowest BCUT2D eigenvalue weighted by atomic mass is 10.0. The molecule has 1 aromatic carbocycles. The van der Waals surface area contributed by atoms with Gasteiger partial charge in [-0.3, -0.25) is 19.7 Å². The van der Waals surface area contributed by atoms with Crippen molar-refractivity contribution in [1.82, 2.24) is 15.5 Å². The van der Waals surface area contributed by atoms with Gasteiger partial charge in [0.25, 0.3) is 11.6 Å². The van der Waals surface area contributed by atoms with Crippen molar-refractivity contribution in [2.45, 2.75) is 32.9 Å². The zero-order valence-corrected chi connectivity index (χ0v) is 17.0. The predicted molar refractivity (Wildman–Crippen MR) is 105 cm³/mol. The van der Waals surface area contributed by atoms with Crippen molar-refractivity contribution < 1.29 is 14.5 Å². The van der Waals surface area contributed by atoms with E-state index in [9.17, 15) is 19.7 Å². The minimum atomic E-state index is -0.695. The Hall–Kier alpha value is -1.90. The van der Waals surface area contributed by atoms with E-state index in [1.54, 1.807) is 4.90 Å². The molecular formula is C17H24Cl2N4O4. The SMILES string of the molecule is CC1CN(C(=O)C(NC(=O)c2ccc([N+](=O)[O-])cc2Cl)C(C)C)CCN1.Cl. The van der Waals surface area contributed by atoms with Crippen molar-refractivity contribution in [3.8, 4) is 0 Å². The van der Waals surface area contributed by atoms with E-state index in [2.05, 4.69) is 10.6 Å². The summed E-state index contributed by atoms with van der Waals surface area (Å²) in [6.07, 6.45) is 0. The van der Waals surface area contributed by atoms with Crippen LogP contribution in [0.4, 0.5) is 5.69 Å². The van der Waals surface area contributed by atoms with Crippen LogP contribution >= 0.6 is 24.0 Å². The van der Waals surface area contributed by atoms with Gasteiger partial charge in [-0.05, 0) is 18.9 Å². The van der Waals surface area contributed by atoms with Gasteiger partial charge >= 0.3 is 0 Å². The quantitative estimate of drug-likeness (QED) is 0.563. The number of carbonyl (C=O) groups is 2. The van der Waals surface area contributed by atoms with Crippen LogP contribution in [0.25, 0.3) is 0 Å². The highest BCUT2D eigenvalue weighted by Gasteiger charge is 2.31. The molecule has 1 heterocycles. The van der Waals surface area contributed by atoms with E-state index in [4.69, 9.17) is 11.6 Å². The molecule has 0 saturated carbocycles. The van der Waals surface area contributed by atoms with Gasteiger partial charge in [0.05, 0.1) is 15.5 Å². The maximum atomic E-state index is 12.8. The fraction of sp³-hybridized carbons (Fsp3) is 0.529. The summed E-state index contributed by atoms with van der Waals surface area (Å²) in [6, 6.07) is 3.13. The van der Waals surface area contributed by atoms with Crippen molar-refractivity contribution in [2.75, 3.05) is 19.6 Å². The second kappa shape index (κ2) is 9.87. The number of carbonyl (C=O) groups excluding carboxylic acids is 2. The van der Waals surface area contributed by atoms with Gasteiger partial charge in [0.2, 0.25) is 5.91 Å². The molecule has 1 aliphatic rings. The van der Waals surface area contributed by atoms with Crippen molar-refractivity contribution in [2.24, 2.45) is 5.92 Å². The van der Waals surface area contributed by atoms with Crippen LogP contribution in [0.3, 0.4) is 0 Å². The summed E-state index contributed by atoms with van der Waals surface area (Å²) in [4.78, 5) is 37.3. The number of amides is 2. The molecule has 27 heavy (non-hydrogen) atoms. The highest BCUT2D eigenvalue weighted by Crippen LogP contribution is 2.23. The standard InChI is InChI=1S/C17H23ClN4O4.ClH/c1-10(2)15(17(24)21-7-6-19-11(3)9-21)20-16(23)13-5-4-12(22(25)26)8-14(13)18;/h4-5,8,10-11,15,19H,6-7,9H2,1-3H3,(H,20,23);1H. The Morgan fingerprint density at radius 1 is 1.41 bits per heavy atom. The van der Waals surface area contributed by atoms with Crippen molar-refractivity contribution >= 4 is 41.5 Å². The molecule has 1 aliphatic heterocycles. The lowest BCUT2D eigenvalue weighted by molar-refractivity contribution is -0.384. The second-order valence-electron chi connectivity index (χ2n) is 6.76. The lowest BCUT2D eigenvalue weighted by Crippen LogP contribution is -2.58. The van der Waals surface area contributed by atoms with Crippen LogP contribution in [0.1, 0.15) is 31.1 Å². The minimum absolute atomic E-state index is 0. The van der Waals surface area contributed by atoms with Gasteiger partial charge < -0.3 is 15.5 Å². The first-order chi connectivity index (χ1) is 12.2. The van der Waals surface area contributed by atoms with Crippen LogP contribution in [0.15, 0.2) is 18.2 Å². The molecule has 1 fully saturated rings. The average Bonchev–Trinajstić information content (AvgIpc) is 2.58. The van der Waals surface area contributed by atoms with Crippen LogP contribution in [0.2, 0.25) is 5.02 Å². The molecule has 2 N–H and O–H groups in total. The first-order valence-corrected chi connectivity index (χ1v) is 8.85. The van der Waals surface area contributed by atoms with E-state index >= 15 is 0 Å². The van der Waals surface area contributed by atoms with Gasteiger partial charge in [0.1, 0.15) is 6.04 Å². The van der Waals surface area contributed by atoms with E-state index in [1.165, 1.54) is 12.1 Å². The Labute approximate surface area is 169 Å². The van der Waals surface area contributed by atoms with Gasteiger partial charge in [-0.15, -0.1) is 12.4 Å². The second-order valence-corrected chi connectivity index (χ2v) is 7.16. The van der Waals surface area contributed by atoms with Crippen LogP contribution < -0.4 is 10.6 Å². The van der Waals surface area contributed by atoms with Gasteiger partial charge in [0.15, 0.2) is 0 Å². The zero-order chi connectivity index (χ0) is 19.4. The number of non-ortho nitro benzene ring substituents is 1. The molecule has 2 unspecified atom stereocenters. The van der Waals surface area contributed by atoms with Gasteiger partial charge in [0, 0.05) is 37.8 Å². The molecule has 2 amide bonds. The number of nitro benzene ring substituents is 1.